The van der Waals surface area contributed by atoms with E-state index in [9.17, 15) is 0 Å². The maximum Gasteiger partial charge on any atom is 0.151 e. The van der Waals surface area contributed by atoms with Gasteiger partial charge in [-0.05, 0) is 31.5 Å². The van der Waals surface area contributed by atoms with Crippen LogP contribution >= 0.6 is 0 Å². The van der Waals surface area contributed by atoms with Crippen LogP contribution in [0, 0.1) is 0 Å². The molecule has 1 N–H and O–H groups in total. The smallest absolute Gasteiger partial charge is 0.151 e. The van der Waals surface area contributed by atoms with Crippen LogP contribution in [-0.2, 0) is 11.3 Å². The molecule has 5 heteroatoms. The monoisotopic (exact) mass is 250 g/mol. The van der Waals surface area contributed by atoms with Crippen LogP contribution in [0.25, 0.3) is 0 Å². The molecule has 18 heavy (non-hydrogen) atoms. The minimum absolute atomic E-state index is 0.633. The molecule has 2 rings (SSSR count). The number of hydrogen-bond donors (Lipinski definition) is 1. The van der Waals surface area contributed by atoms with Gasteiger partial charge in [-0.25, -0.2) is 0 Å². The lowest BCUT2D eigenvalue weighted by Gasteiger charge is -2.22. The zero-order chi connectivity index (χ0) is 12.8. The van der Waals surface area contributed by atoms with Crippen LogP contribution in [0.1, 0.15) is 25.5 Å². The summed E-state index contributed by atoms with van der Waals surface area (Å²) in [6, 6.07) is 4.75. The Morgan fingerprint density at radius 1 is 1.39 bits per heavy atom. The molecule has 100 valence electrons. The van der Waals surface area contributed by atoms with Crippen molar-refractivity contribution in [3.63, 3.8) is 0 Å². The SMILES string of the molecule is CCNCc1ccc(N(CCOC)C2CC2)nn1. The molecule has 1 heterocycles. The molecule has 0 radical (unpaired) electrons. The summed E-state index contributed by atoms with van der Waals surface area (Å²) in [6.07, 6.45) is 2.51. The fourth-order valence-electron chi connectivity index (χ4n) is 1.91. The summed E-state index contributed by atoms with van der Waals surface area (Å²) in [6.45, 7) is 5.44. The lowest BCUT2D eigenvalue weighted by Crippen LogP contribution is -2.30. The maximum atomic E-state index is 5.15. The summed E-state index contributed by atoms with van der Waals surface area (Å²) in [5.41, 5.74) is 0.989. The molecule has 1 fully saturated rings. The van der Waals surface area contributed by atoms with E-state index in [1.165, 1.54) is 12.8 Å². The van der Waals surface area contributed by atoms with Crippen molar-refractivity contribution in [3.05, 3.63) is 17.8 Å². The molecule has 0 bridgehead atoms. The molecule has 1 aromatic rings. The van der Waals surface area contributed by atoms with Gasteiger partial charge in [0.25, 0.3) is 0 Å². The highest BCUT2D eigenvalue weighted by Crippen LogP contribution is 2.29. The predicted molar refractivity (Wildman–Crippen MR) is 71.7 cm³/mol. The average Bonchev–Trinajstić information content (AvgIpc) is 3.23. The van der Waals surface area contributed by atoms with Crippen LogP contribution in [0.5, 0.6) is 0 Å². The third kappa shape index (κ3) is 3.65. The van der Waals surface area contributed by atoms with Gasteiger partial charge in [0, 0.05) is 26.2 Å². The van der Waals surface area contributed by atoms with Gasteiger partial charge in [-0.2, -0.15) is 5.10 Å². The standard InChI is InChI=1S/C13H22N4O/c1-3-14-10-11-4-7-13(16-15-11)17(8-9-18-2)12-5-6-12/h4,7,12,14H,3,5-6,8-10H2,1-2H3. The summed E-state index contributed by atoms with van der Waals surface area (Å²) in [5.74, 6) is 0.967. The summed E-state index contributed by atoms with van der Waals surface area (Å²) in [4.78, 5) is 2.30. The van der Waals surface area contributed by atoms with Gasteiger partial charge in [0.1, 0.15) is 0 Å². The van der Waals surface area contributed by atoms with E-state index in [2.05, 4.69) is 33.4 Å². The number of nitrogens with one attached hydrogen (secondary N) is 1. The van der Waals surface area contributed by atoms with E-state index < -0.39 is 0 Å². The van der Waals surface area contributed by atoms with Gasteiger partial charge in [-0.15, -0.1) is 5.10 Å². The van der Waals surface area contributed by atoms with Gasteiger partial charge in [-0.3, -0.25) is 0 Å². The van der Waals surface area contributed by atoms with Crippen molar-refractivity contribution < 1.29 is 4.74 Å². The van der Waals surface area contributed by atoms with Gasteiger partial charge >= 0.3 is 0 Å². The molecule has 1 aromatic heterocycles. The fourth-order valence-corrected chi connectivity index (χ4v) is 1.91. The Hall–Kier alpha value is -1.20. The molecule has 5 nitrogen and oxygen atoms in total. The van der Waals surface area contributed by atoms with E-state index in [4.69, 9.17) is 4.74 Å². The Bertz CT molecular complexity index is 351. The van der Waals surface area contributed by atoms with Crippen molar-refractivity contribution in [2.24, 2.45) is 0 Å². The van der Waals surface area contributed by atoms with E-state index >= 15 is 0 Å². The number of methoxy groups -OCH3 is 1. The van der Waals surface area contributed by atoms with E-state index in [1.54, 1.807) is 7.11 Å². The molecule has 0 spiro atoms. The van der Waals surface area contributed by atoms with Crippen molar-refractivity contribution in [2.45, 2.75) is 32.4 Å². The van der Waals surface area contributed by atoms with Gasteiger partial charge < -0.3 is 15.0 Å². The van der Waals surface area contributed by atoms with Crippen LogP contribution in [0.4, 0.5) is 5.82 Å². The number of rotatable bonds is 8. The van der Waals surface area contributed by atoms with Crippen LogP contribution in [-0.4, -0.2) is 43.0 Å². The zero-order valence-corrected chi connectivity index (χ0v) is 11.2. The summed E-state index contributed by atoms with van der Waals surface area (Å²) in [5, 5.41) is 11.8. The highest BCUT2D eigenvalue weighted by atomic mass is 16.5. The number of hydrogen-bond acceptors (Lipinski definition) is 5. The topological polar surface area (TPSA) is 50.3 Å². The second-order valence-electron chi connectivity index (χ2n) is 4.58. The van der Waals surface area contributed by atoms with Crippen LogP contribution in [0.2, 0.25) is 0 Å². The second kappa shape index (κ2) is 6.66. The minimum atomic E-state index is 0.633. The first-order chi connectivity index (χ1) is 8.85. The highest BCUT2D eigenvalue weighted by molar-refractivity contribution is 5.40. The Kier molecular flexibility index (Phi) is 4.90. The third-order valence-corrected chi connectivity index (χ3v) is 3.08. The second-order valence-corrected chi connectivity index (χ2v) is 4.58. The van der Waals surface area contributed by atoms with Crippen molar-refractivity contribution in [2.75, 3.05) is 31.7 Å². The lowest BCUT2D eigenvalue weighted by molar-refractivity contribution is 0.204. The molecule has 0 amide bonds. The zero-order valence-electron chi connectivity index (χ0n) is 11.2. The third-order valence-electron chi connectivity index (χ3n) is 3.08. The molecule has 0 aliphatic heterocycles. The molecule has 1 saturated carbocycles. The van der Waals surface area contributed by atoms with Crippen molar-refractivity contribution in [1.82, 2.24) is 15.5 Å². The first kappa shape index (κ1) is 13.2. The lowest BCUT2D eigenvalue weighted by atomic mass is 10.3. The maximum absolute atomic E-state index is 5.15. The molecule has 1 aliphatic rings. The summed E-state index contributed by atoms with van der Waals surface area (Å²) < 4.78 is 5.15. The van der Waals surface area contributed by atoms with Crippen molar-refractivity contribution in [1.29, 1.82) is 0 Å². The normalized spacial score (nSPS) is 14.8. The molecule has 0 unspecified atom stereocenters. The van der Waals surface area contributed by atoms with Crippen molar-refractivity contribution >= 4 is 5.82 Å². The van der Waals surface area contributed by atoms with Gasteiger partial charge in [-0.1, -0.05) is 6.92 Å². The summed E-state index contributed by atoms with van der Waals surface area (Å²) >= 11 is 0. The molecule has 0 saturated heterocycles. The van der Waals surface area contributed by atoms with Crippen LogP contribution < -0.4 is 10.2 Å². The van der Waals surface area contributed by atoms with Crippen LogP contribution in [0.3, 0.4) is 0 Å². The predicted octanol–water partition coefficient (Wildman–Crippen LogP) is 1.20. The van der Waals surface area contributed by atoms with E-state index in [0.29, 0.717) is 6.04 Å². The highest BCUT2D eigenvalue weighted by Gasteiger charge is 2.29. The molecule has 0 aromatic carbocycles. The average molecular weight is 250 g/mol. The quantitative estimate of drug-likeness (QED) is 0.751. The Morgan fingerprint density at radius 2 is 2.22 bits per heavy atom. The Labute approximate surface area is 109 Å². The Morgan fingerprint density at radius 3 is 2.78 bits per heavy atom. The first-order valence-electron chi connectivity index (χ1n) is 6.64. The van der Waals surface area contributed by atoms with E-state index in [-0.39, 0.29) is 0 Å². The molecular formula is C13H22N4O. The molecule has 0 atom stereocenters. The molecule has 1 aliphatic carbocycles. The van der Waals surface area contributed by atoms with E-state index in [0.717, 1.165) is 37.8 Å². The summed E-state index contributed by atoms with van der Waals surface area (Å²) in [7, 11) is 1.73. The van der Waals surface area contributed by atoms with Crippen LogP contribution in [0.15, 0.2) is 12.1 Å². The fraction of sp³-hybridized carbons (Fsp3) is 0.692. The number of ether oxygens (including phenoxy) is 1. The number of anilines is 1. The number of nitrogens with zero attached hydrogens (tertiary/aromatic N) is 3. The Balaban J connectivity index is 1.96. The molecular weight excluding hydrogens is 228 g/mol. The van der Waals surface area contributed by atoms with Gasteiger partial charge in [0.05, 0.1) is 12.3 Å². The van der Waals surface area contributed by atoms with E-state index in [1.807, 2.05) is 6.07 Å². The van der Waals surface area contributed by atoms with Gasteiger partial charge in [0.15, 0.2) is 5.82 Å². The number of aromatic nitrogens is 2. The van der Waals surface area contributed by atoms with Gasteiger partial charge in [0.2, 0.25) is 0 Å². The minimum Gasteiger partial charge on any atom is -0.383 e. The first-order valence-corrected chi connectivity index (χ1v) is 6.64. The van der Waals surface area contributed by atoms with Crippen molar-refractivity contribution in [3.8, 4) is 0 Å². The largest absolute Gasteiger partial charge is 0.383 e.